The number of aliphatic hydroxyl groups excluding tert-OH is 1. The van der Waals surface area contributed by atoms with Gasteiger partial charge in [-0.1, -0.05) is 49.4 Å². The van der Waals surface area contributed by atoms with Crippen LogP contribution < -0.4 is 5.73 Å². The van der Waals surface area contributed by atoms with Gasteiger partial charge in [0.2, 0.25) is 5.91 Å². The number of rotatable bonds is 5. The average molecular weight is 589 g/mol. The second-order valence-corrected chi connectivity index (χ2v) is 12.8. The number of phenols is 1. The second kappa shape index (κ2) is 10.8. The van der Waals surface area contributed by atoms with Gasteiger partial charge in [0.25, 0.3) is 0 Å². The molecule has 7 atom stereocenters. The lowest BCUT2D eigenvalue weighted by Crippen LogP contribution is -2.72. The van der Waals surface area contributed by atoms with Crippen molar-refractivity contribution in [3.05, 3.63) is 64.7 Å². The molecular weight excluding hydrogens is 552 g/mol. The van der Waals surface area contributed by atoms with Crippen molar-refractivity contribution in [2.24, 2.45) is 35.3 Å². The molecule has 5 N–H and O–H groups in total. The molecule has 0 spiro atoms. The molecule has 43 heavy (non-hydrogen) atoms. The van der Waals surface area contributed by atoms with Gasteiger partial charge >= 0.3 is 0 Å². The van der Waals surface area contributed by atoms with Gasteiger partial charge in [-0.3, -0.25) is 28.9 Å². The highest BCUT2D eigenvalue weighted by atomic mass is 16.3. The molecule has 2 aromatic carbocycles. The van der Waals surface area contributed by atoms with Crippen molar-refractivity contribution >= 4 is 29.0 Å². The molecule has 2 aromatic rings. The van der Waals surface area contributed by atoms with E-state index in [2.05, 4.69) is 17.0 Å². The van der Waals surface area contributed by atoms with E-state index in [1.807, 2.05) is 18.2 Å². The number of fused-ring (bicyclic) bond motifs is 3. The summed E-state index contributed by atoms with van der Waals surface area (Å²) in [5.41, 5.74) is 4.58. The zero-order chi connectivity index (χ0) is 30.8. The summed E-state index contributed by atoms with van der Waals surface area (Å²) >= 11 is 0. The number of piperidine rings is 1. The van der Waals surface area contributed by atoms with Crippen LogP contribution >= 0.6 is 0 Å². The van der Waals surface area contributed by atoms with Crippen LogP contribution in [0.2, 0.25) is 0 Å². The minimum absolute atomic E-state index is 0.0406. The van der Waals surface area contributed by atoms with Crippen LogP contribution in [0.4, 0.5) is 0 Å². The number of aromatic hydroxyl groups is 1. The van der Waals surface area contributed by atoms with Gasteiger partial charge in [-0.15, -0.1) is 0 Å². The molecule has 1 aliphatic heterocycles. The van der Waals surface area contributed by atoms with Crippen LogP contribution in [0.3, 0.4) is 0 Å². The summed E-state index contributed by atoms with van der Waals surface area (Å²) in [6.07, 6.45) is 0.203. The summed E-state index contributed by atoms with van der Waals surface area (Å²) in [6.45, 7) is 4.39. The van der Waals surface area contributed by atoms with Crippen molar-refractivity contribution in [2.75, 3.05) is 13.1 Å². The lowest BCUT2D eigenvalue weighted by atomic mass is 9.50. The van der Waals surface area contributed by atoms with E-state index in [0.717, 1.165) is 32.5 Å². The minimum atomic E-state index is -2.91. The number of likely N-dealkylation sites (tertiary alicyclic amines) is 1. The second-order valence-electron chi connectivity index (χ2n) is 12.8. The first-order valence-electron chi connectivity index (χ1n) is 14.9. The lowest BCUT2D eigenvalue weighted by Gasteiger charge is -2.52. The molecule has 10 nitrogen and oxygen atoms in total. The number of hydrogen-bond acceptors (Lipinski definition) is 9. The zero-order valence-corrected chi connectivity index (χ0v) is 23.9. The summed E-state index contributed by atoms with van der Waals surface area (Å²) < 4.78 is 0. The molecule has 226 valence electrons. The smallest absolute Gasteiger partial charge is 0.235 e. The molecule has 0 radical (unpaired) electrons. The fraction of sp³-hybridized carbons (Fsp3) is 0.485. The summed E-state index contributed by atoms with van der Waals surface area (Å²) in [7, 11) is 0. The van der Waals surface area contributed by atoms with Crippen molar-refractivity contribution < 1.29 is 39.3 Å². The number of carbonyl (C=O) groups excluding carboxylic acids is 5. The predicted molar refractivity (Wildman–Crippen MR) is 153 cm³/mol. The standard InChI is InChI=1S/C33H36N2O8/c1-16-20-8-7-19(13-17-9-11-35(12-10-17)15-18-5-3-2-4-6-18)27(37)24(20)29(39)26-23(16)28(38)21-14-22(36)25(32(34)42)30(40)33(21,43)31(26)41/h2-8,16-17,21,23,25-26,28,37-38,43H,9-15H2,1H3,(H2,34,42)/t16-,21+,23+,25?,26?,28+,33+/m0/s1. The molecule has 4 aliphatic rings. The van der Waals surface area contributed by atoms with Crippen molar-refractivity contribution in [3.8, 4) is 5.75 Å². The van der Waals surface area contributed by atoms with Gasteiger partial charge in [-0.25, -0.2) is 0 Å². The van der Waals surface area contributed by atoms with Crippen molar-refractivity contribution in [1.82, 2.24) is 4.90 Å². The van der Waals surface area contributed by atoms with Gasteiger partial charge in [0, 0.05) is 24.8 Å². The van der Waals surface area contributed by atoms with E-state index in [0.29, 0.717) is 17.5 Å². The summed E-state index contributed by atoms with van der Waals surface area (Å²) in [5.74, 6) is -12.3. The first-order chi connectivity index (χ1) is 20.4. The number of nitrogens with two attached hydrogens (primary N) is 1. The van der Waals surface area contributed by atoms with Gasteiger partial charge in [0.05, 0.1) is 17.6 Å². The number of amides is 1. The topological polar surface area (TPSA) is 175 Å². The van der Waals surface area contributed by atoms with E-state index in [1.165, 1.54) is 5.56 Å². The third kappa shape index (κ3) is 4.54. The summed E-state index contributed by atoms with van der Waals surface area (Å²) in [5, 5.41) is 34.2. The molecule has 10 heteroatoms. The maximum atomic E-state index is 14.0. The number of Topliss-reactive ketones (excluding diaryl/α,β-unsaturated/α-hetero) is 4. The highest BCUT2D eigenvalue weighted by molar-refractivity contribution is 6.31. The largest absolute Gasteiger partial charge is 0.507 e. The number of benzene rings is 2. The first-order valence-corrected chi connectivity index (χ1v) is 14.9. The van der Waals surface area contributed by atoms with E-state index < -0.39 is 76.8 Å². The number of carbonyl (C=O) groups is 5. The van der Waals surface area contributed by atoms with Gasteiger partial charge in [0.1, 0.15) is 5.75 Å². The quantitative estimate of drug-likeness (QED) is 0.375. The minimum Gasteiger partial charge on any atom is -0.507 e. The molecule has 1 heterocycles. The highest BCUT2D eigenvalue weighted by Crippen LogP contribution is 2.54. The van der Waals surface area contributed by atoms with Gasteiger partial charge in [-0.2, -0.15) is 0 Å². The maximum Gasteiger partial charge on any atom is 0.235 e. The van der Waals surface area contributed by atoms with Crippen LogP contribution in [0, 0.1) is 29.6 Å². The van der Waals surface area contributed by atoms with E-state index >= 15 is 0 Å². The Bertz CT molecular complexity index is 1510. The Labute approximate surface area is 248 Å². The normalized spacial score (nSPS) is 33.1. The van der Waals surface area contributed by atoms with Crippen LogP contribution in [0.25, 0.3) is 0 Å². The Balaban J connectivity index is 1.25. The van der Waals surface area contributed by atoms with E-state index in [4.69, 9.17) is 5.73 Å². The Morgan fingerprint density at radius 1 is 1.02 bits per heavy atom. The van der Waals surface area contributed by atoms with Crippen LogP contribution in [0.1, 0.15) is 59.2 Å². The molecule has 1 saturated heterocycles. The molecule has 0 aromatic heterocycles. The monoisotopic (exact) mass is 588 g/mol. The zero-order valence-electron chi connectivity index (χ0n) is 23.9. The third-order valence-electron chi connectivity index (χ3n) is 10.4. The summed E-state index contributed by atoms with van der Waals surface area (Å²) in [4.78, 5) is 67.9. The maximum absolute atomic E-state index is 14.0. The van der Waals surface area contributed by atoms with E-state index in [9.17, 15) is 39.3 Å². The Morgan fingerprint density at radius 2 is 1.70 bits per heavy atom. The molecular formula is C33H36N2O8. The van der Waals surface area contributed by atoms with Crippen molar-refractivity contribution in [1.29, 1.82) is 0 Å². The fourth-order valence-corrected chi connectivity index (χ4v) is 8.06. The SMILES string of the molecule is C[C@H]1c2ccc(CC3CCN(Cc4ccccc4)CC3)c(O)c2C(=O)C2C(=O)[C@]3(O)C(=O)C(C(N)=O)C(=O)C[C@@H]3[C@@H](O)[C@@H]21. The number of nitrogens with zero attached hydrogens (tertiary/aromatic N) is 1. The molecule has 2 saturated carbocycles. The summed E-state index contributed by atoms with van der Waals surface area (Å²) in [6, 6.07) is 13.8. The number of primary amides is 1. The van der Waals surface area contributed by atoms with Gasteiger partial charge < -0.3 is 21.1 Å². The first kappa shape index (κ1) is 29.3. The number of hydrogen-bond donors (Lipinski definition) is 4. The average Bonchev–Trinajstić information content (AvgIpc) is 2.97. The Morgan fingerprint density at radius 3 is 2.35 bits per heavy atom. The van der Waals surface area contributed by atoms with E-state index in [1.54, 1.807) is 19.1 Å². The van der Waals surface area contributed by atoms with Crippen molar-refractivity contribution in [3.63, 3.8) is 0 Å². The van der Waals surface area contributed by atoms with Crippen LogP contribution in [-0.2, 0) is 32.1 Å². The number of phenolic OH excluding ortho intramolecular Hbond substituents is 1. The Kier molecular flexibility index (Phi) is 7.35. The number of aliphatic hydroxyl groups is 2. The molecule has 1 amide bonds. The predicted octanol–water partition coefficient (Wildman–Crippen LogP) is 1.31. The van der Waals surface area contributed by atoms with Crippen LogP contribution in [0.15, 0.2) is 42.5 Å². The van der Waals surface area contributed by atoms with Crippen LogP contribution in [0.5, 0.6) is 5.75 Å². The lowest BCUT2D eigenvalue weighted by molar-refractivity contribution is -0.189. The number of ketones is 4. The third-order valence-corrected chi connectivity index (χ3v) is 10.4. The van der Waals surface area contributed by atoms with Crippen LogP contribution in [-0.4, -0.2) is 74.1 Å². The molecule has 3 fully saturated rings. The molecule has 6 rings (SSSR count). The van der Waals surface area contributed by atoms with Gasteiger partial charge in [-0.05, 0) is 60.9 Å². The van der Waals surface area contributed by atoms with Crippen molar-refractivity contribution in [2.45, 2.75) is 56.8 Å². The molecule has 2 unspecified atom stereocenters. The van der Waals surface area contributed by atoms with E-state index in [-0.39, 0.29) is 17.2 Å². The molecule has 0 bridgehead atoms. The highest BCUT2D eigenvalue weighted by Gasteiger charge is 2.69. The molecule has 3 aliphatic carbocycles. The Hall–Kier alpha value is -3.73. The van der Waals surface area contributed by atoms with Gasteiger partial charge in [0.15, 0.2) is 34.7 Å². The fourth-order valence-electron chi connectivity index (χ4n) is 8.06.